The first kappa shape index (κ1) is 14.5. The molecule has 1 heterocycles. The van der Waals surface area contributed by atoms with Crippen molar-refractivity contribution in [2.24, 2.45) is 5.92 Å². The maximum Gasteiger partial charge on any atom is 0.303 e. The van der Waals surface area contributed by atoms with Crippen molar-refractivity contribution in [1.82, 2.24) is 9.80 Å². The first-order chi connectivity index (χ1) is 8.45. The predicted octanol–water partition coefficient (Wildman–Crippen LogP) is 0.178. The van der Waals surface area contributed by atoms with Gasteiger partial charge in [0, 0.05) is 39.5 Å². The maximum absolute atomic E-state index is 12.0. The molecule has 18 heavy (non-hydrogen) atoms. The van der Waals surface area contributed by atoms with Gasteiger partial charge in [0.1, 0.15) is 0 Å². The Labute approximate surface area is 107 Å². The normalized spacial score (nSPS) is 19.1. The largest absolute Gasteiger partial charge is 0.481 e. The summed E-state index contributed by atoms with van der Waals surface area (Å²) >= 11 is 0. The lowest BCUT2D eigenvalue weighted by Gasteiger charge is -2.20. The summed E-state index contributed by atoms with van der Waals surface area (Å²) in [4.78, 5) is 37.1. The molecule has 1 rings (SSSR count). The van der Waals surface area contributed by atoms with Gasteiger partial charge in [-0.05, 0) is 13.3 Å². The third-order valence-electron chi connectivity index (χ3n) is 3.21. The van der Waals surface area contributed by atoms with Crippen molar-refractivity contribution < 1.29 is 19.5 Å². The summed E-state index contributed by atoms with van der Waals surface area (Å²) in [6.45, 7) is 3.42. The van der Waals surface area contributed by atoms with Crippen LogP contribution >= 0.6 is 0 Å². The molecule has 0 bridgehead atoms. The molecule has 0 aromatic carbocycles. The van der Waals surface area contributed by atoms with Crippen molar-refractivity contribution in [2.45, 2.75) is 26.2 Å². The molecule has 6 heteroatoms. The summed E-state index contributed by atoms with van der Waals surface area (Å²) in [6, 6.07) is 0. The van der Waals surface area contributed by atoms with Crippen molar-refractivity contribution in [2.75, 3.05) is 26.7 Å². The highest BCUT2D eigenvalue weighted by molar-refractivity contribution is 5.89. The topological polar surface area (TPSA) is 77.9 Å². The van der Waals surface area contributed by atoms with Crippen LogP contribution in [0.5, 0.6) is 0 Å². The highest BCUT2D eigenvalue weighted by Crippen LogP contribution is 2.19. The highest BCUT2D eigenvalue weighted by Gasteiger charge is 2.34. The summed E-state index contributed by atoms with van der Waals surface area (Å²) in [5.41, 5.74) is 0. The maximum atomic E-state index is 12.0. The van der Waals surface area contributed by atoms with Crippen LogP contribution in [0, 0.1) is 5.92 Å². The fourth-order valence-corrected chi connectivity index (χ4v) is 2.13. The number of carbonyl (C=O) groups excluding carboxylic acids is 2. The first-order valence-corrected chi connectivity index (χ1v) is 6.20. The van der Waals surface area contributed by atoms with Gasteiger partial charge in [-0.3, -0.25) is 14.4 Å². The van der Waals surface area contributed by atoms with Crippen molar-refractivity contribution in [1.29, 1.82) is 0 Å². The highest BCUT2D eigenvalue weighted by atomic mass is 16.4. The predicted molar refractivity (Wildman–Crippen MR) is 64.9 cm³/mol. The second kappa shape index (κ2) is 6.37. The van der Waals surface area contributed by atoms with Crippen molar-refractivity contribution in [3.63, 3.8) is 0 Å². The zero-order chi connectivity index (χ0) is 13.7. The standard InChI is InChI=1S/C12H20N2O4/c1-3-14-8-9(7-10(14)15)12(18)13(2)6-4-5-11(16)17/h9H,3-8H2,1-2H3,(H,16,17). The van der Waals surface area contributed by atoms with Crippen molar-refractivity contribution in [3.05, 3.63) is 0 Å². The zero-order valence-electron chi connectivity index (χ0n) is 10.9. The SMILES string of the molecule is CCN1CC(C(=O)N(C)CCCC(=O)O)CC1=O. The molecule has 6 nitrogen and oxygen atoms in total. The van der Waals surface area contributed by atoms with Gasteiger partial charge in [0.25, 0.3) is 0 Å². The number of carboxylic acids is 1. The van der Waals surface area contributed by atoms with E-state index < -0.39 is 5.97 Å². The van der Waals surface area contributed by atoms with Crippen LogP contribution in [0.15, 0.2) is 0 Å². The van der Waals surface area contributed by atoms with E-state index in [-0.39, 0.29) is 30.6 Å². The van der Waals surface area contributed by atoms with E-state index in [0.29, 0.717) is 26.1 Å². The molecule has 1 N–H and O–H groups in total. The number of carbonyl (C=O) groups is 3. The number of amides is 2. The Kier molecular flexibility index (Phi) is 5.12. The van der Waals surface area contributed by atoms with Crippen LogP contribution in [0.1, 0.15) is 26.2 Å². The Bertz CT molecular complexity index is 343. The van der Waals surface area contributed by atoms with Crippen LogP contribution in [0.3, 0.4) is 0 Å². The number of hydrogen-bond donors (Lipinski definition) is 1. The van der Waals surface area contributed by atoms with E-state index in [1.54, 1.807) is 11.9 Å². The number of carboxylic acid groups (broad SMARTS) is 1. The van der Waals surface area contributed by atoms with Gasteiger partial charge < -0.3 is 14.9 Å². The number of nitrogens with zero attached hydrogens (tertiary/aromatic N) is 2. The minimum absolute atomic E-state index is 0.0229. The molecule has 1 aliphatic rings. The van der Waals surface area contributed by atoms with Crippen molar-refractivity contribution in [3.8, 4) is 0 Å². The number of rotatable bonds is 6. The van der Waals surface area contributed by atoms with Crippen LogP contribution in [0.4, 0.5) is 0 Å². The van der Waals surface area contributed by atoms with E-state index >= 15 is 0 Å². The summed E-state index contributed by atoms with van der Waals surface area (Å²) in [5.74, 6) is -1.17. The Morgan fingerprint density at radius 2 is 2.17 bits per heavy atom. The minimum Gasteiger partial charge on any atom is -0.481 e. The van der Waals surface area contributed by atoms with Gasteiger partial charge in [-0.1, -0.05) is 0 Å². The summed E-state index contributed by atoms with van der Waals surface area (Å²) in [5, 5.41) is 8.52. The number of likely N-dealkylation sites (tertiary alicyclic amines) is 1. The minimum atomic E-state index is -0.857. The fourth-order valence-electron chi connectivity index (χ4n) is 2.13. The van der Waals surface area contributed by atoms with Gasteiger partial charge in [0.15, 0.2) is 0 Å². The first-order valence-electron chi connectivity index (χ1n) is 6.20. The third kappa shape index (κ3) is 3.72. The van der Waals surface area contributed by atoms with E-state index in [1.807, 2.05) is 6.92 Å². The van der Waals surface area contributed by atoms with Gasteiger partial charge in [0.2, 0.25) is 11.8 Å². The molecule has 0 saturated carbocycles. The Morgan fingerprint density at radius 3 is 2.67 bits per heavy atom. The molecular formula is C12H20N2O4. The van der Waals surface area contributed by atoms with E-state index in [0.717, 1.165) is 0 Å². The summed E-state index contributed by atoms with van der Waals surface area (Å²) < 4.78 is 0. The number of aliphatic carboxylic acids is 1. The van der Waals surface area contributed by atoms with Crippen LogP contribution in [-0.4, -0.2) is 59.4 Å². The van der Waals surface area contributed by atoms with Crippen LogP contribution in [-0.2, 0) is 14.4 Å². The number of hydrogen-bond acceptors (Lipinski definition) is 3. The van der Waals surface area contributed by atoms with Crippen LogP contribution in [0.25, 0.3) is 0 Å². The molecule has 102 valence electrons. The van der Waals surface area contributed by atoms with Gasteiger partial charge in [0.05, 0.1) is 5.92 Å². The molecule has 1 unspecified atom stereocenters. The molecule has 0 spiro atoms. The molecule has 1 saturated heterocycles. The lowest BCUT2D eigenvalue weighted by atomic mass is 10.1. The Balaban J connectivity index is 2.40. The summed E-state index contributed by atoms with van der Waals surface area (Å²) in [6.07, 6.45) is 0.772. The average molecular weight is 256 g/mol. The fraction of sp³-hybridized carbons (Fsp3) is 0.750. The van der Waals surface area contributed by atoms with Gasteiger partial charge in [-0.2, -0.15) is 0 Å². The smallest absolute Gasteiger partial charge is 0.303 e. The van der Waals surface area contributed by atoms with Gasteiger partial charge >= 0.3 is 5.97 Å². The third-order valence-corrected chi connectivity index (χ3v) is 3.21. The Hall–Kier alpha value is -1.59. The van der Waals surface area contributed by atoms with Crippen molar-refractivity contribution >= 4 is 17.8 Å². The zero-order valence-corrected chi connectivity index (χ0v) is 10.9. The van der Waals surface area contributed by atoms with Gasteiger partial charge in [-0.15, -0.1) is 0 Å². The van der Waals surface area contributed by atoms with E-state index in [4.69, 9.17) is 5.11 Å². The molecule has 0 aromatic heterocycles. The lowest BCUT2D eigenvalue weighted by Crippen LogP contribution is -2.35. The monoisotopic (exact) mass is 256 g/mol. The molecule has 1 atom stereocenters. The lowest BCUT2D eigenvalue weighted by molar-refractivity contribution is -0.138. The molecule has 2 amide bonds. The molecule has 0 aliphatic carbocycles. The molecule has 1 aliphatic heterocycles. The second-order valence-electron chi connectivity index (χ2n) is 4.59. The van der Waals surface area contributed by atoms with Gasteiger partial charge in [-0.25, -0.2) is 0 Å². The van der Waals surface area contributed by atoms with Crippen LogP contribution in [0.2, 0.25) is 0 Å². The summed E-state index contributed by atoms with van der Waals surface area (Å²) in [7, 11) is 1.66. The van der Waals surface area contributed by atoms with Crippen LogP contribution < -0.4 is 0 Å². The van der Waals surface area contributed by atoms with E-state index in [9.17, 15) is 14.4 Å². The second-order valence-corrected chi connectivity index (χ2v) is 4.59. The molecule has 0 aromatic rings. The van der Waals surface area contributed by atoms with E-state index in [1.165, 1.54) is 4.90 Å². The molecular weight excluding hydrogens is 236 g/mol. The Morgan fingerprint density at radius 1 is 1.50 bits per heavy atom. The molecule has 1 fully saturated rings. The molecule has 0 radical (unpaired) electrons. The van der Waals surface area contributed by atoms with E-state index in [2.05, 4.69) is 0 Å². The average Bonchev–Trinajstić information content (AvgIpc) is 2.68. The quantitative estimate of drug-likeness (QED) is 0.735.